The summed E-state index contributed by atoms with van der Waals surface area (Å²) in [5.74, 6) is -0.662. The quantitative estimate of drug-likeness (QED) is 0.653. The summed E-state index contributed by atoms with van der Waals surface area (Å²) in [6.45, 7) is 0. The maximum absolute atomic E-state index is 11.0. The predicted octanol–water partition coefficient (Wildman–Crippen LogP) is 0.313. The van der Waals surface area contributed by atoms with Gasteiger partial charge in [-0.15, -0.1) is 10.2 Å². The molecule has 0 aliphatic rings. The van der Waals surface area contributed by atoms with Crippen molar-refractivity contribution in [2.24, 2.45) is 0 Å². The van der Waals surface area contributed by atoms with Gasteiger partial charge in [-0.1, -0.05) is 0 Å². The lowest BCUT2D eigenvalue weighted by molar-refractivity contribution is 0.0556. The average Bonchev–Trinajstić information content (AvgIpc) is 2.78. The van der Waals surface area contributed by atoms with Gasteiger partial charge in [0, 0.05) is 0 Å². The standard InChI is InChI=1S/C8H6N4O3/c1-14-8(13)7-12-11-6(15-7)5-2-3-9-10-4-5/h2-4H,1H3. The normalized spacial score (nSPS) is 9.93. The van der Waals surface area contributed by atoms with E-state index in [2.05, 4.69) is 25.1 Å². The third-order valence-electron chi connectivity index (χ3n) is 1.62. The molecular weight excluding hydrogens is 200 g/mol. The van der Waals surface area contributed by atoms with Crippen molar-refractivity contribution in [2.75, 3.05) is 7.11 Å². The zero-order valence-corrected chi connectivity index (χ0v) is 7.75. The molecule has 2 aromatic rings. The summed E-state index contributed by atoms with van der Waals surface area (Å²) in [5, 5.41) is 14.4. The fraction of sp³-hybridized carbons (Fsp3) is 0.125. The van der Waals surface area contributed by atoms with Crippen LogP contribution in [0.5, 0.6) is 0 Å². The molecule has 0 radical (unpaired) electrons. The Balaban J connectivity index is 2.32. The van der Waals surface area contributed by atoms with Gasteiger partial charge in [-0.2, -0.15) is 10.2 Å². The van der Waals surface area contributed by atoms with Crippen molar-refractivity contribution >= 4 is 5.97 Å². The van der Waals surface area contributed by atoms with Crippen LogP contribution < -0.4 is 0 Å². The van der Waals surface area contributed by atoms with E-state index in [0.717, 1.165) is 0 Å². The van der Waals surface area contributed by atoms with Gasteiger partial charge in [-0.05, 0) is 6.07 Å². The van der Waals surface area contributed by atoms with Crippen molar-refractivity contribution in [1.29, 1.82) is 0 Å². The average molecular weight is 206 g/mol. The van der Waals surface area contributed by atoms with Gasteiger partial charge >= 0.3 is 11.9 Å². The maximum Gasteiger partial charge on any atom is 0.396 e. The summed E-state index contributed by atoms with van der Waals surface area (Å²) >= 11 is 0. The first-order valence-electron chi connectivity index (χ1n) is 4.00. The van der Waals surface area contributed by atoms with Crippen LogP contribution in [0.1, 0.15) is 10.7 Å². The first-order chi connectivity index (χ1) is 7.31. The van der Waals surface area contributed by atoms with E-state index in [9.17, 15) is 4.79 Å². The molecule has 2 aromatic heterocycles. The van der Waals surface area contributed by atoms with Crippen molar-refractivity contribution in [2.45, 2.75) is 0 Å². The molecule has 0 aliphatic carbocycles. The van der Waals surface area contributed by atoms with E-state index >= 15 is 0 Å². The molecule has 0 fully saturated rings. The Hall–Kier alpha value is -2.31. The summed E-state index contributed by atoms with van der Waals surface area (Å²) in [4.78, 5) is 11.0. The van der Waals surface area contributed by atoms with E-state index < -0.39 is 5.97 Å². The Morgan fingerprint density at radius 2 is 2.27 bits per heavy atom. The number of ether oxygens (including phenoxy) is 1. The summed E-state index contributed by atoms with van der Waals surface area (Å²) in [6.07, 6.45) is 2.94. The minimum atomic E-state index is -0.671. The van der Waals surface area contributed by atoms with Crippen LogP contribution >= 0.6 is 0 Å². The highest BCUT2D eigenvalue weighted by Gasteiger charge is 2.15. The van der Waals surface area contributed by atoms with Crippen molar-refractivity contribution < 1.29 is 13.9 Å². The molecule has 7 heteroatoms. The van der Waals surface area contributed by atoms with Gasteiger partial charge in [0.1, 0.15) is 0 Å². The van der Waals surface area contributed by atoms with Crippen molar-refractivity contribution in [3.05, 3.63) is 24.4 Å². The van der Waals surface area contributed by atoms with E-state index in [0.29, 0.717) is 5.56 Å². The number of hydrogen-bond acceptors (Lipinski definition) is 7. The molecule has 2 rings (SSSR count). The number of hydrogen-bond donors (Lipinski definition) is 0. The molecule has 0 aliphatic heterocycles. The van der Waals surface area contributed by atoms with Gasteiger partial charge in [-0.3, -0.25) is 0 Å². The van der Waals surface area contributed by atoms with Gasteiger partial charge in [-0.25, -0.2) is 4.79 Å². The van der Waals surface area contributed by atoms with Gasteiger partial charge in [0.25, 0.3) is 0 Å². The molecule has 0 atom stereocenters. The second-order valence-electron chi connectivity index (χ2n) is 2.54. The van der Waals surface area contributed by atoms with Crippen LogP contribution in [0, 0.1) is 0 Å². The largest absolute Gasteiger partial charge is 0.462 e. The zero-order chi connectivity index (χ0) is 10.7. The zero-order valence-electron chi connectivity index (χ0n) is 7.75. The summed E-state index contributed by atoms with van der Waals surface area (Å²) in [6, 6.07) is 1.64. The molecule has 0 aromatic carbocycles. The molecular formula is C8H6N4O3. The molecule has 0 spiro atoms. The maximum atomic E-state index is 11.0. The Morgan fingerprint density at radius 1 is 1.40 bits per heavy atom. The second-order valence-corrected chi connectivity index (χ2v) is 2.54. The lowest BCUT2D eigenvalue weighted by atomic mass is 10.3. The predicted molar refractivity (Wildman–Crippen MR) is 46.7 cm³/mol. The Kier molecular flexibility index (Phi) is 2.36. The van der Waals surface area contributed by atoms with Crippen molar-refractivity contribution in [3.8, 4) is 11.5 Å². The molecule has 0 amide bonds. The number of rotatable bonds is 2. The van der Waals surface area contributed by atoms with Gasteiger partial charge < -0.3 is 9.15 Å². The number of aromatic nitrogens is 4. The van der Waals surface area contributed by atoms with Gasteiger partial charge in [0.2, 0.25) is 5.89 Å². The van der Waals surface area contributed by atoms with E-state index in [1.807, 2.05) is 0 Å². The van der Waals surface area contributed by atoms with Crippen LogP contribution in [0.3, 0.4) is 0 Å². The van der Waals surface area contributed by atoms with E-state index in [4.69, 9.17) is 4.42 Å². The Labute approximate surface area is 84.1 Å². The molecule has 2 heterocycles. The SMILES string of the molecule is COC(=O)c1nnc(-c2ccnnc2)o1. The third kappa shape index (κ3) is 1.80. The molecule has 0 bridgehead atoms. The van der Waals surface area contributed by atoms with Crippen LogP contribution in [0.4, 0.5) is 0 Å². The Bertz CT molecular complexity index is 468. The van der Waals surface area contributed by atoms with Crippen molar-refractivity contribution in [3.63, 3.8) is 0 Å². The smallest absolute Gasteiger partial charge is 0.396 e. The van der Waals surface area contributed by atoms with E-state index in [1.165, 1.54) is 19.5 Å². The first-order valence-corrected chi connectivity index (χ1v) is 4.00. The first kappa shape index (κ1) is 9.25. The fourth-order valence-electron chi connectivity index (χ4n) is 0.927. The van der Waals surface area contributed by atoms with E-state index in [1.54, 1.807) is 6.07 Å². The number of carbonyl (C=O) groups is 1. The number of carbonyl (C=O) groups excluding carboxylic acids is 1. The molecule has 0 N–H and O–H groups in total. The number of methoxy groups -OCH3 is 1. The molecule has 0 saturated heterocycles. The van der Waals surface area contributed by atoms with Crippen LogP contribution in [0.15, 0.2) is 22.9 Å². The topological polar surface area (TPSA) is 91.0 Å². The lowest BCUT2D eigenvalue weighted by Gasteiger charge is -1.91. The van der Waals surface area contributed by atoms with Crippen LogP contribution in [0.2, 0.25) is 0 Å². The minimum Gasteiger partial charge on any atom is -0.462 e. The lowest BCUT2D eigenvalue weighted by Crippen LogP contribution is -2.00. The molecule has 0 unspecified atom stereocenters. The van der Waals surface area contributed by atoms with E-state index in [-0.39, 0.29) is 11.8 Å². The van der Waals surface area contributed by atoms with Gasteiger partial charge in [0.15, 0.2) is 0 Å². The van der Waals surface area contributed by atoms with Gasteiger partial charge in [0.05, 0.1) is 25.1 Å². The fourth-order valence-corrected chi connectivity index (χ4v) is 0.927. The highest BCUT2D eigenvalue weighted by Crippen LogP contribution is 2.15. The van der Waals surface area contributed by atoms with Crippen molar-refractivity contribution in [1.82, 2.24) is 20.4 Å². The molecule has 7 nitrogen and oxygen atoms in total. The third-order valence-corrected chi connectivity index (χ3v) is 1.62. The highest BCUT2D eigenvalue weighted by molar-refractivity contribution is 5.84. The molecule has 76 valence electrons. The number of nitrogens with zero attached hydrogens (tertiary/aromatic N) is 4. The Morgan fingerprint density at radius 3 is 2.93 bits per heavy atom. The van der Waals surface area contributed by atoms with Crippen LogP contribution in [-0.2, 0) is 4.74 Å². The van der Waals surface area contributed by atoms with Crippen LogP contribution in [0.25, 0.3) is 11.5 Å². The van der Waals surface area contributed by atoms with Crippen LogP contribution in [-0.4, -0.2) is 33.5 Å². The number of esters is 1. The molecule has 15 heavy (non-hydrogen) atoms. The molecule has 0 saturated carbocycles. The minimum absolute atomic E-state index is 0.190. The highest BCUT2D eigenvalue weighted by atomic mass is 16.5. The monoisotopic (exact) mass is 206 g/mol. The summed E-state index contributed by atoms with van der Waals surface area (Å²) < 4.78 is 9.48. The summed E-state index contributed by atoms with van der Waals surface area (Å²) in [5.41, 5.74) is 0.590. The summed E-state index contributed by atoms with van der Waals surface area (Å²) in [7, 11) is 1.24. The second kappa shape index (κ2) is 3.82.